The summed E-state index contributed by atoms with van der Waals surface area (Å²) < 4.78 is 9.86. The lowest BCUT2D eigenvalue weighted by atomic mass is 9.97. The highest BCUT2D eigenvalue weighted by Gasteiger charge is 2.61. The number of rotatable bonds is 5. The van der Waals surface area contributed by atoms with Gasteiger partial charge in [-0.25, -0.2) is 4.79 Å². The fourth-order valence-corrected chi connectivity index (χ4v) is 4.67. The highest BCUT2D eigenvalue weighted by atomic mass is 32.2. The molecule has 0 bridgehead atoms. The summed E-state index contributed by atoms with van der Waals surface area (Å²) in [6.07, 6.45) is 0.406. The third-order valence-electron chi connectivity index (χ3n) is 4.22. The van der Waals surface area contributed by atoms with E-state index < -0.39 is 22.7 Å². The van der Waals surface area contributed by atoms with Crippen LogP contribution in [0.2, 0.25) is 0 Å². The van der Waals surface area contributed by atoms with Crippen LogP contribution in [0.5, 0.6) is 0 Å². The summed E-state index contributed by atoms with van der Waals surface area (Å²) in [5, 5.41) is -0.0488. The summed E-state index contributed by atoms with van der Waals surface area (Å²) in [5.74, 6) is -0.939. The molecule has 1 amide bonds. The Labute approximate surface area is 144 Å². The summed E-state index contributed by atoms with van der Waals surface area (Å²) in [6.45, 7) is 3.38. The molecule has 0 aromatic heterocycles. The van der Waals surface area contributed by atoms with Crippen molar-refractivity contribution in [1.29, 1.82) is 0 Å². The van der Waals surface area contributed by atoms with E-state index in [1.807, 2.05) is 37.3 Å². The zero-order valence-corrected chi connectivity index (χ0v) is 14.4. The van der Waals surface area contributed by atoms with Crippen LogP contribution in [0.25, 0.3) is 0 Å². The van der Waals surface area contributed by atoms with E-state index in [-0.39, 0.29) is 24.5 Å². The Balaban J connectivity index is 1.72. The van der Waals surface area contributed by atoms with Crippen LogP contribution < -0.4 is 0 Å². The highest BCUT2D eigenvalue weighted by molar-refractivity contribution is 8.01. The standard InChI is InChI=1S/C17H19NO5S/c1-11(19)23-10-17(2)15(18-13(20)8-14(18)24-17)16(21)22-9-12-6-4-3-5-7-12/h3-7,14-15H,8-10H2,1-2H3. The number of ether oxygens (including phenoxy) is 2. The van der Waals surface area contributed by atoms with Crippen LogP contribution in [0.4, 0.5) is 0 Å². The van der Waals surface area contributed by atoms with Gasteiger partial charge in [-0.05, 0) is 12.5 Å². The summed E-state index contributed by atoms with van der Waals surface area (Å²) in [7, 11) is 0. The van der Waals surface area contributed by atoms with E-state index in [1.165, 1.54) is 18.7 Å². The topological polar surface area (TPSA) is 72.9 Å². The molecule has 3 atom stereocenters. The molecule has 3 rings (SSSR count). The molecule has 2 saturated heterocycles. The van der Waals surface area contributed by atoms with Crippen molar-refractivity contribution >= 4 is 29.6 Å². The number of hydrogen-bond donors (Lipinski definition) is 0. The average Bonchev–Trinajstić information content (AvgIpc) is 2.80. The van der Waals surface area contributed by atoms with Gasteiger partial charge in [0.25, 0.3) is 0 Å². The molecule has 3 unspecified atom stereocenters. The third kappa shape index (κ3) is 3.13. The summed E-state index contributed by atoms with van der Waals surface area (Å²) in [5.41, 5.74) is 0.879. The van der Waals surface area contributed by atoms with Crippen LogP contribution in [-0.2, 0) is 30.5 Å². The lowest BCUT2D eigenvalue weighted by molar-refractivity contribution is -0.164. The van der Waals surface area contributed by atoms with Crippen molar-refractivity contribution in [3.05, 3.63) is 35.9 Å². The SMILES string of the molecule is CC(=O)OCC1(C)SC2CC(=O)N2C1C(=O)OCc1ccccc1. The predicted molar refractivity (Wildman–Crippen MR) is 87.9 cm³/mol. The van der Waals surface area contributed by atoms with E-state index in [1.54, 1.807) is 4.90 Å². The smallest absolute Gasteiger partial charge is 0.330 e. The molecule has 2 aliphatic rings. The van der Waals surface area contributed by atoms with Crippen molar-refractivity contribution < 1.29 is 23.9 Å². The first-order valence-electron chi connectivity index (χ1n) is 7.73. The predicted octanol–water partition coefficient (Wildman–Crippen LogP) is 1.73. The maximum Gasteiger partial charge on any atom is 0.330 e. The van der Waals surface area contributed by atoms with Crippen molar-refractivity contribution in [2.24, 2.45) is 0 Å². The molecular weight excluding hydrogens is 330 g/mol. The van der Waals surface area contributed by atoms with Gasteiger partial charge in [-0.2, -0.15) is 0 Å². The van der Waals surface area contributed by atoms with E-state index in [4.69, 9.17) is 9.47 Å². The maximum absolute atomic E-state index is 12.6. The molecule has 2 aliphatic heterocycles. The lowest BCUT2D eigenvalue weighted by Gasteiger charge is -2.37. The molecule has 1 aromatic carbocycles. The molecular formula is C17H19NO5S. The fraction of sp³-hybridized carbons (Fsp3) is 0.471. The minimum Gasteiger partial charge on any atom is -0.464 e. The largest absolute Gasteiger partial charge is 0.464 e. The molecule has 128 valence electrons. The number of β-lactam (4-membered cyclic amide) rings is 1. The second kappa shape index (κ2) is 6.47. The van der Waals surface area contributed by atoms with E-state index >= 15 is 0 Å². The number of hydrogen-bond acceptors (Lipinski definition) is 6. The lowest BCUT2D eigenvalue weighted by Crippen LogP contribution is -2.58. The minimum absolute atomic E-state index is 0.0488. The van der Waals surface area contributed by atoms with E-state index in [0.717, 1.165) is 5.56 Å². The molecule has 2 heterocycles. The Kier molecular flexibility index (Phi) is 4.54. The number of nitrogens with zero attached hydrogens (tertiary/aromatic N) is 1. The summed E-state index contributed by atoms with van der Waals surface area (Å²) in [6, 6.07) is 8.62. The van der Waals surface area contributed by atoms with E-state index in [9.17, 15) is 14.4 Å². The number of esters is 2. The highest BCUT2D eigenvalue weighted by Crippen LogP contribution is 2.51. The summed E-state index contributed by atoms with van der Waals surface area (Å²) in [4.78, 5) is 37.3. The van der Waals surface area contributed by atoms with E-state index in [0.29, 0.717) is 6.42 Å². The molecule has 0 radical (unpaired) electrons. The van der Waals surface area contributed by atoms with Crippen LogP contribution in [0, 0.1) is 0 Å². The van der Waals surface area contributed by atoms with Crippen LogP contribution in [0.1, 0.15) is 25.8 Å². The number of benzene rings is 1. The molecule has 2 fully saturated rings. The van der Waals surface area contributed by atoms with Crippen LogP contribution in [0.3, 0.4) is 0 Å². The molecule has 6 nitrogen and oxygen atoms in total. The number of fused-ring (bicyclic) bond motifs is 1. The van der Waals surface area contributed by atoms with Gasteiger partial charge in [-0.15, -0.1) is 11.8 Å². The first-order chi connectivity index (χ1) is 11.4. The van der Waals surface area contributed by atoms with Gasteiger partial charge in [-0.3, -0.25) is 9.59 Å². The normalized spacial score (nSPS) is 28.1. The second-order valence-corrected chi connectivity index (χ2v) is 7.88. The zero-order chi connectivity index (χ0) is 17.3. The Morgan fingerprint density at radius 3 is 2.62 bits per heavy atom. The number of carbonyl (C=O) groups is 3. The van der Waals surface area contributed by atoms with Gasteiger partial charge in [0.15, 0.2) is 0 Å². The first kappa shape index (κ1) is 16.8. The van der Waals surface area contributed by atoms with Crippen molar-refractivity contribution in [3.63, 3.8) is 0 Å². The first-order valence-corrected chi connectivity index (χ1v) is 8.61. The van der Waals surface area contributed by atoms with Crippen molar-refractivity contribution in [3.8, 4) is 0 Å². The Morgan fingerprint density at radius 1 is 1.29 bits per heavy atom. The molecule has 0 N–H and O–H groups in total. The third-order valence-corrected chi connectivity index (χ3v) is 5.76. The minimum atomic E-state index is -0.739. The number of amides is 1. The Hall–Kier alpha value is -2.02. The van der Waals surface area contributed by atoms with Gasteiger partial charge >= 0.3 is 11.9 Å². The Bertz CT molecular complexity index is 664. The van der Waals surface area contributed by atoms with Crippen molar-refractivity contribution in [1.82, 2.24) is 4.90 Å². The van der Waals surface area contributed by atoms with E-state index in [2.05, 4.69) is 0 Å². The molecule has 0 saturated carbocycles. The van der Waals surface area contributed by atoms with Gasteiger partial charge < -0.3 is 14.4 Å². The number of thioether (sulfide) groups is 1. The number of carbonyl (C=O) groups excluding carboxylic acids is 3. The average molecular weight is 349 g/mol. The van der Waals surface area contributed by atoms with Crippen LogP contribution >= 0.6 is 11.8 Å². The zero-order valence-electron chi connectivity index (χ0n) is 13.6. The van der Waals surface area contributed by atoms with Gasteiger partial charge in [0.1, 0.15) is 19.3 Å². The monoisotopic (exact) mass is 349 g/mol. The van der Waals surface area contributed by atoms with Gasteiger partial charge in [0.05, 0.1) is 16.5 Å². The molecule has 7 heteroatoms. The molecule has 1 aromatic rings. The maximum atomic E-state index is 12.6. The van der Waals surface area contributed by atoms with Crippen molar-refractivity contribution in [2.45, 2.75) is 43.0 Å². The quantitative estimate of drug-likeness (QED) is 0.595. The van der Waals surface area contributed by atoms with Crippen LogP contribution in [0.15, 0.2) is 30.3 Å². The van der Waals surface area contributed by atoms with Crippen molar-refractivity contribution in [2.75, 3.05) is 6.61 Å². The van der Waals surface area contributed by atoms with Crippen LogP contribution in [-0.4, -0.2) is 45.5 Å². The van der Waals surface area contributed by atoms with Gasteiger partial charge in [0.2, 0.25) is 5.91 Å². The molecule has 0 spiro atoms. The molecule has 24 heavy (non-hydrogen) atoms. The molecule has 0 aliphatic carbocycles. The van der Waals surface area contributed by atoms with Gasteiger partial charge in [-0.1, -0.05) is 30.3 Å². The fourth-order valence-electron chi connectivity index (χ4n) is 3.01. The summed E-state index contributed by atoms with van der Waals surface area (Å²) >= 11 is 1.49. The van der Waals surface area contributed by atoms with Gasteiger partial charge in [0, 0.05) is 6.92 Å². The Morgan fingerprint density at radius 2 is 2.00 bits per heavy atom. The second-order valence-electron chi connectivity index (χ2n) is 6.17.